The molecule has 0 aliphatic carbocycles. The molecule has 0 radical (unpaired) electrons. The summed E-state index contributed by atoms with van der Waals surface area (Å²) in [5.74, 6) is -1.15. The second-order valence-electron chi connectivity index (χ2n) is 22.6. The number of likely N-dealkylation sites (tertiary alicyclic amines) is 1. The Labute approximate surface area is 497 Å². The average Bonchev–Trinajstić information content (AvgIpc) is 4.53. The van der Waals surface area contributed by atoms with Gasteiger partial charge in [-0.1, -0.05) is 47.5 Å². The van der Waals surface area contributed by atoms with Crippen molar-refractivity contribution in [2.24, 2.45) is 10.8 Å². The number of aryl methyl sites for hydroxylation is 2. The first-order valence-corrected chi connectivity index (χ1v) is 32.1. The molecule has 12 rings (SSSR count). The first-order valence-electron chi connectivity index (χ1n) is 28.5. The van der Waals surface area contributed by atoms with Crippen LogP contribution in [0.3, 0.4) is 0 Å². The first kappa shape index (κ1) is 60.2. The Morgan fingerprint density at radius 1 is 0.578 bits per heavy atom. The lowest BCUT2D eigenvalue weighted by molar-refractivity contribution is -0.142. The van der Waals surface area contributed by atoms with Gasteiger partial charge in [-0.25, -0.2) is 21.6 Å². The van der Waals surface area contributed by atoms with Crippen LogP contribution in [0.15, 0.2) is 132 Å². The second kappa shape index (κ2) is 26.2. The minimum atomic E-state index is -3.90. The highest BCUT2D eigenvalue weighted by Gasteiger charge is 2.44. The number of carbonyl (C=O) groups excluding carboxylic acids is 1. The van der Waals surface area contributed by atoms with Crippen molar-refractivity contribution in [1.82, 2.24) is 37.9 Å². The largest absolute Gasteiger partial charge is 0.480 e. The summed E-state index contributed by atoms with van der Waals surface area (Å²) in [5, 5.41) is 12.6. The van der Waals surface area contributed by atoms with E-state index >= 15 is 0 Å². The zero-order valence-corrected chi connectivity index (χ0v) is 50.2. The topological polar surface area (TPSA) is 205 Å². The van der Waals surface area contributed by atoms with E-state index in [1.54, 1.807) is 50.2 Å². The summed E-state index contributed by atoms with van der Waals surface area (Å²) in [5.41, 5.74) is 6.14. The maximum Gasteiger partial charge on any atom is 0.329 e. The number of sulfonamides is 2. The van der Waals surface area contributed by atoms with Crippen LogP contribution in [0.1, 0.15) is 73.1 Å². The Morgan fingerprint density at radius 2 is 1.01 bits per heavy atom. The number of aromatic nitrogens is 4. The highest BCUT2D eigenvalue weighted by Crippen LogP contribution is 2.43. The van der Waals surface area contributed by atoms with Crippen molar-refractivity contribution in [2.45, 2.75) is 87.3 Å². The fourth-order valence-electron chi connectivity index (χ4n) is 13.0. The number of carbonyl (C=O) groups is 2. The predicted molar refractivity (Wildman–Crippen MR) is 319 cm³/mol. The summed E-state index contributed by atoms with van der Waals surface area (Å²) < 4.78 is 72.4. The van der Waals surface area contributed by atoms with E-state index in [0.29, 0.717) is 49.3 Å². The summed E-state index contributed by atoms with van der Waals surface area (Å²) in [7, 11) is -7.78. The van der Waals surface area contributed by atoms with Crippen LogP contribution in [0, 0.1) is 24.7 Å². The summed E-state index contributed by atoms with van der Waals surface area (Å²) in [6.07, 6.45) is 18.4. The molecule has 2 aromatic carbocycles. The normalized spacial score (nSPS) is 20.5. The monoisotopic (exact) mass is 1210 g/mol. The van der Waals surface area contributed by atoms with Gasteiger partial charge in [-0.2, -0.15) is 8.61 Å². The van der Waals surface area contributed by atoms with Crippen molar-refractivity contribution >= 4 is 66.5 Å². The molecule has 6 aliphatic rings. The van der Waals surface area contributed by atoms with Gasteiger partial charge < -0.3 is 43.7 Å². The van der Waals surface area contributed by atoms with E-state index in [0.717, 1.165) is 43.7 Å². The Kier molecular flexibility index (Phi) is 19.0. The van der Waals surface area contributed by atoms with Crippen molar-refractivity contribution in [3.63, 3.8) is 0 Å². The Balaban J connectivity index is 0.000000155. The van der Waals surface area contributed by atoms with Crippen LogP contribution in [0.25, 0.3) is 0 Å². The number of halogens is 2. The van der Waals surface area contributed by atoms with Gasteiger partial charge in [0.15, 0.2) is 0 Å². The van der Waals surface area contributed by atoms with Gasteiger partial charge in [-0.15, -0.1) is 0 Å². The van der Waals surface area contributed by atoms with Crippen LogP contribution in [0.2, 0.25) is 10.0 Å². The summed E-state index contributed by atoms with van der Waals surface area (Å²) in [4.78, 5) is 39.1. The number of carboxylic acids is 1. The number of fused-ring (bicyclic) bond motifs is 2. The van der Waals surface area contributed by atoms with Gasteiger partial charge in [0, 0.05) is 125 Å². The second-order valence-corrected chi connectivity index (χ2v) is 27.1. The van der Waals surface area contributed by atoms with Gasteiger partial charge in [0.2, 0.25) is 26.0 Å². The van der Waals surface area contributed by atoms with Gasteiger partial charge in [-0.05, 0) is 148 Å². The molecule has 2 N–H and O–H groups in total. The van der Waals surface area contributed by atoms with E-state index < -0.39 is 44.7 Å². The lowest BCUT2D eigenvalue weighted by Gasteiger charge is -2.39. The summed E-state index contributed by atoms with van der Waals surface area (Å²) >= 11 is 12.6. The smallest absolute Gasteiger partial charge is 0.329 e. The predicted octanol–water partition coefficient (Wildman–Crippen LogP) is 8.08. The van der Waals surface area contributed by atoms with Crippen molar-refractivity contribution in [1.29, 1.82) is 0 Å². The Hall–Kier alpha value is -5.88. The number of benzene rings is 2. The lowest BCUT2D eigenvalue weighted by Crippen LogP contribution is -2.46. The van der Waals surface area contributed by atoms with Gasteiger partial charge in [-0.3, -0.25) is 14.8 Å². The molecule has 6 aromatic rings. The number of anilines is 2. The van der Waals surface area contributed by atoms with E-state index in [1.807, 2.05) is 75.5 Å². The number of amides is 1. The van der Waals surface area contributed by atoms with E-state index in [2.05, 4.69) is 49.4 Å². The molecule has 2 unspecified atom stereocenters. The van der Waals surface area contributed by atoms with Gasteiger partial charge in [0.25, 0.3) is 0 Å². The number of aliphatic carboxylic acids is 1. The van der Waals surface area contributed by atoms with Crippen LogP contribution in [-0.2, 0) is 52.2 Å². The van der Waals surface area contributed by atoms with Crippen LogP contribution in [0.5, 0.6) is 0 Å². The third-order valence-corrected chi connectivity index (χ3v) is 22.5. The van der Waals surface area contributed by atoms with E-state index in [-0.39, 0.29) is 57.5 Å². The maximum atomic E-state index is 13.8. The Morgan fingerprint density at radius 3 is 1.46 bits per heavy atom. The third kappa shape index (κ3) is 13.5. The molecule has 4 aromatic heterocycles. The van der Waals surface area contributed by atoms with E-state index in [4.69, 9.17) is 37.8 Å². The third-order valence-electron chi connectivity index (χ3n) is 17.5. The fraction of sp³-hybridized carbons (Fsp3) is 0.467. The van der Waals surface area contributed by atoms with Gasteiger partial charge in [0.05, 0.1) is 35.3 Å². The number of nitrogens with zero attached hydrogens (tertiary/aromatic N) is 9. The molecule has 10 heterocycles. The number of carboxylic acid groups (broad SMARTS) is 1. The number of rotatable bonds is 14. The standard InChI is InChI=1S/C30H36ClN5O4S.C17H19ClN2O5S.C13H19N3/c1-23-4-2-5-25(31)29(23)41(38,39)36-19-18-33-14-3-6-26(33)27(36)20-40-21-28(37)34-15-9-30(10-16-34)11-17-35(22-30)24-7-12-32-13-8-24;1-12-4-2-5-13(18)17(12)26(23,24)20-9-8-19-7-3-6-14(19)15(20)10-25-11-16(21)22;1-6-14-7-2-12(1)16-10-5-13(11-16)3-8-15-9-4-13/h2-8,12-14,27H,9-11,15-22H2,1H3;2-7,15H,8-11H2,1H3,(H,21,22);1-2,6-7,15H,3-5,8-11H2. The fourth-order valence-corrected chi connectivity index (χ4v) is 17.7. The quantitative estimate of drug-likeness (QED) is 0.106. The molecule has 2 spiro atoms. The minimum absolute atomic E-state index is 0.0496. The molecule has 1 amide bonds. The number of ether oxygens (including phenoxy) is 2. The zero-order valence-electron chi connectivity index (χ0n) is 47.1. The van der Waals surface area contributed by atoms with E-state index in [9.17, 15) is 26.4 Å². The van der Waals surface area contributed by atoms with Crippen LogP contribution in [0.4, 0.5) is 11.4 Å². The zero-order chi connectivity index (χ0) is 58.4. The maximum absolute atomic E-state index is 13.8. The van der Waals surface area contributed by atoms with Crippen LogP contribution >= 0.6 is 23.2 Å². The molecule has 444 valence electrons. The molecule has 4 saturated heterocycles. The van der Waals surface area contributed by atoms with Crippen molar-refractivity contribution in [3.8, 4) is 0 Å². The molecule has 2 atom stereocenters. The van der Waals surface area contributed by atoms with Gasteiger partial charge >= 0.3 is 5.97 Å². The van der Waals surface area contributed by atoms with Crippen LogP contribution in [-0.4, -0.2) is 158 Å². The summed E-state index contributed by atoms with van der Waals surface area (Å²) in [6.45, 7) is 12.8. The van der Waals surface area contributed by atoms with Crippen molar-refractivity contribution < 1.29 is 41.0 Å². The molecular weight excluding hydrogens is 1140 g/mol. The molecular formula is C60H74Cl2N10O9S2. The van der Waals surface area contributed by atoms with Crippen molar-refractivity contribution in [2.75, 3.05) is 102 Å². The first-order chi connectivity index (χ1) is 40.0. The number of pyridine rings is 2. The number of piperidine rings is 2. The molecule has 83 heavy (non-hydrogen) atoms. The highest BCUT2D eigenvalue weighted by molar-refractivity contribution is 7.89. The number of hydrogen-bond donors (Lipinski definition) is 2. The Bertz CT molecular complexity index is 3390. The lowest BCUT2D eigenvalue weighted by atomic mass is 9.78. The number of hydrogen-bond acceptors (Lipinski definition) is 13. The molecule has 6 aliphatic heterocycles. The van der Waals surface area contributed by atoms with Crippen molar-refractivity contribution in [3.05, 3.63) is 155 Å². The molecule has 0 bridgehead atoms. The number of nitrogens with one attached hydrogen (secondary N) is 1. The SMILES string of the molecule is Cc1cccc(Cl)c1S(=O)(=O)N1CCn2cccc2C1COCC(=O)N1CCC2(CC1)CCN(c1ccncc1)C2.Cc1cccc(Cl)c1S(=O)(=O)N1CCn2cccc2C1COCC(=O)O.c1cc(N2CCC3(CCNCC3)C2)ccn1. The molecule has 23 heteroatoms. The van der Waals surface area contributed by atoms with Gasteiger partial charge in [0.1, 0.15) is 23.0 Å². The molecule has 0 saturated carbocycles. The highest BCUT2D eigenvalue weighted by atomic mass is 35.5. The van der Waals surface area contributed by atoms with E-state index in [1.165, 1.54) is 65.4 Å². The van der Waals surface area contributed by atoms with Crippen LogP contribution < -0.4 is 15.1 Å². The molecule has 19 nitrogen and oxygen atoms in total. The summed E-state index contributed by atoms with van der Waals surface area (Å²) in [6, 6.07) is 24.7. The minimum Gasteiger partial charge on any atom is -0.480 e. The molecule has 4 fully saturated rings. The average molecular weight is 1210 g/mol.